The van der Waals surface area contributed by atoms with Crippen LogP contribution in [0, 0.1) is 5.92 Å². The van der Waals surface area contributed by atoms with Gasteiger partial charge in [0.25, 0.3) is 0 Å². The maximum Gasteiger partial charge on any atom is 0.243 e. The molecule has 4 N–H and O–H groups in total. The number of benzene rings is 2. The number of amides is 3. The average molecular weight is 382 g/mol. The molecule has 2 aromatic rings. The van der Waals surface area contributed by atoms with Gasteiger partial charge in [0.1, 0.15) is 0 Å². The van der Waals surface area contributed by atoms with Crippen LogP contribution < -0.4 is 21.3 Å². The van der Waals surface area contributed by atoms with Crippen molar-refractivity contribution in [3.05, 3.63) is 48.5 Å². The van der Waals surface area contributed by atoms with Gasteiger partial charge in [-0.2, -0.15) is 0 Å². The molecule has 7 nitrogen and oxygen atoms in total. The molecular formula is C21H26N4O3. The lowest BCUT2D eigenvalue weighted by molar-refractivity contribution is -0.119. The van der Waals surface area contributed by atoms with Crippen molar-refractivity contribution >= 4 is 40.5 Å². The van der Waals surface area contributed by atoms with E-state index in [1.807, 2.05) is 19.9 Å². The fraction of sp³-hybridized carbons (Fsp3) is 0.286. The molecule has 2 rings (SSSR count). The molecule has 7 heteroatoms. The van der Waals surface area contributed by atoms with Crippen LogP contribution in [-0.4, -0.2) is 24.3 Å². The summed E-state index contributed by atoms with van der Waals surface area (Å²) in [7, 11) is 0. The summed E-state index contributed by atoms with van der Waals surface area (Å²) in [6.07, 6.45) is 0.400. The minimum Gasteiger partial charge on any atom is -0.376 e. The van der Waals surface area contributed by atoms with Crippen molar-refractivity contribution in [3.63, 3.8) is 0 Å². The Labute approximate surface area is 164 Å². The summed E-state index contributed by atoms with van der Waals surface area (Å²) < 4.78 is 0. The summed E-state index contributed by atoms with van der Waals surface area (Å²) in [6, 6.07) is 14.2. The molecule has 3 amide bonds. The van der Waals surface area contributed by atoms with Crippen molar-refractivity contribution in [2.24, 2.45) is 5.92 Å². The Kier molecular flexibility index (Phi) is 7.56. The number of nitrogens with one attached hydrogen (secondary N) is 4. The molecule has 0 saturated carbocycles. The highest BCUT2D eigenvalue weighted by atomic mass is 16.2. The van der Waals surface area contributed by atoms with E-state index in [-0.39, 0.29) is 30.2 Å². The van der Waals surface area contributed by atoms with E-state index in [9.17, 15) is 14.4 Å². The third-order valence-corrected chi connectivity index (χ3v) is 3.86. The lowest BCUT2D eigenvalue weighted by atomic mass is 10.2. The molecule has 0 fully saturated rings. The van der Waals surface area contributed by atoms with Gasteiger partial charge in [0, 0.05) is 35.1 Å². The summed E-state index contributed by atoms with van der Waals surface area (Å²) in [5, 5.41) is 11.4. The quantitative estimate of drug-likeness (QED) is 0.560. The van der Waals surface area contributed by atoms with E-state index in [0.29, 0.717) is 23.5 Å². The zero-order valence-corrected chi connectivity index (χ0v) is 16.3. The molecule has 2 aromatic carbocycles. The highest BCUT2D eigenvalue weighted by Gasteiger charge is 2.08. The average Bonchev–Trinajstić information content (AvgIpc) is 2.66. The molecule has 28 heavy (non-hydrogen) atoms. The molecule has 0 saturated heterocycles. The fourth-order valence-corrected chi connectivity index (χ4v) is 2.31. The largest absolute Gasteiger partial charge is 0.376 e. The maximum absolute atomic E-state index is 12.2. The number of hydrogen-bond donors (Lipinski definition) is 4. The van der Waals surface area contributed by atoms with Crippen molar-refractivity contribution in [1.29, 1.82) is 0 Å². The first-order chi connectivity index (χ1) is 13.4. The monoisotopic (exact) mass is 382 g/mol. The first-order valence-corrected chi connectivity index (χ1v) is 9.22. The molecule has 0 heterocycles. The van der Waals surface area contributed by atoms with Gasteiger partial charge in [-0.3, -0.25) is 14.4 Å². The summed E-state index contributed by atoms with van der Waals surface area (Å²) >= 11 is 0. The minimum absolute atomic E-state index is 0.0633. The van der Waals surface area contributed by atoms with E-state index >= 15 is 0 Å². The molecule has 0 aromatic heterocycles. The van der Waals surface area contributed by atoms with Crippen LogP contribution in [0.4, 0.5) is 22.7 Å². The van der Waals surface area contributed by atoms with E-state index in [2.05, 4.69) is 21.3 Å². The van der Waals surface area contributed by atoms with Gasteiger partial charge in [-0.15, -0.1) is 0 Å². The van der Waals surface area contributed by atoms with Crippen LogP contribution in [-0.2, 0) is 14.4 Å². The topological polar surface area (TPSA) is 99.3 Å². The number of carbonyl (C=O) groups is 3. The lowest BCUT2D eigenvalue weighted by Gasteiger charge is -2.11. The number of carbonyl (C=O) groups excluding carboxylic acids is 3. The Bertz CT molecular complexity index is 849. The van der Waals surface area contributed by atoms with Gasteiger partial charge in [-0.05, 0) is 36.4 Å². The predicted octanol–water partition coefficient (Wildman–Crippen LogP) is 3.68. The molecule has 0 aliphatic rings. The molecule has 0 aliphatic carbocycles. The van der Waals surface area contributed by atoms with Crippen LogP contribution in [0.15, 0.2) is 48.5 Å². The van der Waals surface area contributed by atoms with Gasteiger partial charge in [0.05, 0.1) is 6.54 Å². The Morgan fingerprint density at radius 3 is 1.86 bits per heavy atom. The smallest absolute Gasteiger partial charge is 0.243 e. The van der Waals surface area contributed by atoms with Crippen LogP contribution in [0.1, 0.15) is 27.2 Å². The normalized spacial score (nSPS) is 10.3. The lowest BCUT2D eigenvalue weighted by Crippen LogP contribution is -2.22. The van der Waals surface area contributed by atoms with Crippen LogP contribution in [0.2, 0.25) is 0 Å². The predicted molar refractivity (Wildman–Crippen MR) is 112 cm³/mol. The van der Waals surface area contributed by atoms with Crippen molar-refractivity contribution in [2.75, 3.05) is 27.8 Å². The second kappa shape index (κ2) is 10.1. The van der Waals surface area contributed by atoms with E-state index in [0.717, 1.165) is 5.69 Å². The molecule has 0 bridgehead atoms. The maximum atomic E-state index is 12.2. The van der Waals surface area contributed by atoms with E-state index in [4.69, 9.17) is 0 Å². The van der Waals surface area contributed by atoms with Crippen LogP contribution in [0.3, 0.4) is 0 Å². The van der Waals surface area contributed by atoms with Gasteiger partial charge >= 0.3 is 0 Å². The van der Waals surface area contributed by atoms with Gasteiger partial charge in [-0.25, -0.2) is 0 Å². The second-order valence-electron chi connectivity index (χ2n) is 6.61. The molecule has 148 valence electrons. The Morgan fingerprint density at radius 2 is 1.29 bits per heavy atom. The zero-order chi connectivity index (χ0) is 20.5. The fourth-order valence-electron chi connectivity index (χ4n) is 2.31. The molecular weight excluding hydrogens is 356 g/mol. The van der Waals surface area contributed by atoms with Crippen molar-refractivity contribution in [2.45, 2.75) is 27.2 Å². The number of hydrogen-bond acceptors (Lipinski definition) is 4. The summed E-state index contributed by atoms with van der Waals surface area (Å²) in [5.74, 6) is -0.504. The Morgan fingerprint density at radius 1 is 0.786 bits per heavy atom. The van der Waals surface area contributed by atoms with Gasteiger partial charge < -0.3 is 21.3 Å². The molecule has 0 aliphatic heterocycles. The summed E-state index contributed by atoms with van der Waals surface area (Å²) in [5.41, 5.74) is 2.62. The molecule has 0 unspecified atom stereocenters. The van der Waals surface area contributed by atoms with Crippen molar-refractivity contribution in [3.8, 4) is 0 Å². The van der Waals surface area contributed by atoms with E-state index in [1.54, 1.807) is 49.4 Å². The molecule has 0 radical (unpaired) electrons. The zero-order valence-electron chi connectivity index (χ0n) is 16.3. The second-order valence-corrected chi connectivity index (χ2v) is 6.61. The Hall–Kier alpha value is -3.35. The van der Waals surface area contributed by atoms with Crippen molar-refractivity contribution in [1.82, 2.24) is 0 Å². The highest BCUT2D eigenvalue weighted by molar-refractivity contribution is 5.96. The molecule has 0 spiro atoms. The van der Waals surface area contributed by atoms with Crippen LogP contribution in [0.25, 0.3) is 0 Å². The third-order valence-electron chi connectivity index (χ3n) is 3.86. The van der Waals surface area contributed by atoms with Gasteiger partial charge in [-0.1, -0.05) is 32.9 Å². The SMILES string of the molecule is CCC(=O)Nc1cccc(NCC(=O)Nc2cccc(NC(=O)C(C)C)c2)c1. The van der Waals surface area contributed by atoms with Crippen molar-refractivity contribution < 1.29 is 14.4 Å². The summed E-state index contributed by atoms with van der Waals surface area (Å²) in [4.78, 5) is 35.5. The van der Waals surface area contributed by atoms with E-state index in [1.165, 1.54) is 0 Å². The first kappa shape index (κ1) is 21.0. The number of rotatable bonds is 8. The third kappa shape index (κ3) is 6.75. The summed E-state index contributed by atoms with van der Waals surface area (Å²) in [6.45, 7) is 5.48. The highest BCUT2D eigenvalue weighted by Crippen LogP contribution is 2.17. The van der Waals surface area contributed by atoms with Gasteiger partial charge in [0.2, 0.25) is 17.7 Å². The minimum atomic E-state index is -0.227. The van der Waals surface area contributed by atoms with Crippen LogP contribution in [0.5, 0.6) is 0 Å². The standard InChI is InChI=1S/C21H26N4O3/c1-4-19(26)23-16-8-5-7-15(11-16)22-13-20(27)24-17-9-6-10-18(12-17)25-21(28)14(2)3/h5-12,14,22H,4,13H2,1-3H3,(H,23,26)(H,24,27)(H,25,28). The van der Waals surface area contributed by atoms with Crippen LogP contribution >= 0.6 is 0 Å². The Balaban J connectivity index is 1.90. The molecule has 0 atom stereocenters. The van der Waals surface area contributed by atoms with Gasteiger partial charge in [0.15, 0.2) is 0 Å². The first-order valence-electron chi connectivity index (χ1n) is 9.22. The van der Waals surface area contributed by atoms with E-state index < -0.39 is 0 Å². The number of anilines is 4.